The van der Waals surface area contributed by atoms with Gasteiger partial charge in [0.05, 0.1) is 11.8 Å². The molecule has 1 saturated carbocycles. The van der Waals surface area contributed by atoms with Crippen LogP contribution in [0.3, 0.4) is 0 Å². The van der Waals surface area contributed by atoms with Crippen molar-refractivity contribution in [1.29, 1.82) is 0 Å². The SMILES string of the molecule is CC1(C(=O)O)CCCC1NC(=O)Cc1ccc(F)c(F)c1. The number of carbonyl (C=O) groups is 2. The summed E-state index contributed by atoms with van der Waals surface area (Å²) in [4.78, 5) is 23.3. The predicted octanol–water partition coefficient (Wildman–Crippen LogP) is 2.27. The quantitative estimate of drug-likeness (QED) is 0.896. The number of benzene rings is 1. The van der Waals surface area contributed by atoms with E-state index in [2.05, 4.69) is 5.32 Å². The van der Waals surface area contributed by atoms with Crippen LogP contribution in [0.5, 0.6) is 0 Å². The smallest absolute Gasteiger partial charge is 0.311 e. The molecule has 114 valence electrons. The van der Waals surface area contributed by atoms with Gasteiger partial charge in [-0.05, 0) is 37.5 Å². The number of hydrogen-bond donors (Lipinski definition) is 2. The van der Waals surface area contributed by atoms with Crippen molar-refractivity contribution < 1.29 is 23.5 Å². The van der Waals surface area contributed by atoms with Crippen LogP contribution in [0.25, 0.3) is 0 Å². The molecule has 0 aliphatic heterocycles. The van der Waals surface area contributed by atoms with E-state index in [0.717, 1.165) is 18.6 Å². The number of carboxylic acids is 1. The first-order chi connectivity index (χ1) is 9.83. The number of aliphatic carboxylic acids is 1. The Morgan fingerprint density at radius 3 is 2.71 bits per heavy atom. The Balaban J connectivity index is 2.01. The fourth-order valence-electron chi connectivity index (χ4n) is 2.73. The number of carboxylic acid groups (broad SMARTS) is 1. The third kappa shape index (κ3) is 3.20. The van der Waals surface area contributed by atoms with Crippen molar-refractivity contribution in [2.45, 2.75) is 38.6 Å². The lowest BCUT2D eigenvalue weighted by Gasteiger charge is -2.27. The summed E-state index contributed by atoms with van der Waals surface area (Å²) >= 11 is 0. The summed E-state index contributed by atoms with van der Waals surface area (Å²) in [6, 6.07) is 2.84. The van der Waals surface area contributed by atoms with Crippen molar-refractivity contribution in [2.75, 3.05) is 0 Å². The first-order valence-corrected chi connectivity index (χ1v) is 6.79. The third-order valence-electron chi connectivity index (χ3n) is 4.13. The molecule has 2 rings (SSSR count). The highest BCUT2D eigenvalue weighted by atomic mass is 19.2. The first kappa shape index (κ1) is 15.4. The number of nitrogens with one attached hydrogen (secondary N) is 1. The van der Waals surface area contributed by atoms with E-state index in [1.807, 2.05) is 0 Å². The lowest BCUT2D eigenvalue weighted by Crippen LogP contribution is -2.47. The highest BCUT2D eigenvalue weighted by Gasteiger charge is 2.45. The van der Waals surface area contributed by atoms with Crippen LogP contribution in [-0.2, 0) is 16.0 Å². The maximum absolute atomic E-state index is 13.1. The van der Waals surface area contributed by atoms with E-state index in [9.17, 15) is 23.5 Å². The largest absolute Gasteiger partial charge is 0.481 e. The first-order valence-electron chi connectivity index (χ1n) is 6.79. The van der Waals surface area contributed by atoms with E-state index in [1.54, 1.807) is 6.92 Å². The lowest BCUT2D eigenvalue weighted by atomic mass is 9.85. The van der Waals surface area contributed by atoms with Crippen LogP contribution in [0, 0.1) is 17.0 Å². The molecule has 0 radical (unpaired) electrons. The predicted molar refractivity (Wildman–Crippen MR) is 71.6 cm³/mol. The van der Waals surface area contributed by atoms with Gasteiger partial charge < -0.3 is 10.4 Å². The Morgan fingerprint density at radius 2 is 2.10 bits per heavy atom. The minimum atomic E-state index is -1.00. The van der Waals surface area contributed by atoms with Crippen molar-refractivity contribution in [3.05, 3.63) is 35.4 Å². The normalized spacial score (nSPS) is 24.8. The van der Waals surface area contributed by atoms with Crippen molar-refractivity contribution in [2.24, 2.45) is 5.41 Å². The van der Waals surface area contributed by atoms with E-state index in [0.29, 0.717) is 18.4 Å². The lowest BCUT2D eigenvalue weighted by molar-refractivity contribution is -0.149. The molecule has 4 nitrogen and oxygen atoms in total. The molecule has 0 bridgehead atoms. The van der Waals surface area contributed by atoms with Crippen molar-refractivity contribution in [3.63, 3.8) is 0 Å². The summed E-state index contributed by atoms with van der Waals surface area (Å²) in [6.07, 6.45) is 1.74. The van der Waals surface area contributed by atoms with Gasteiger partial charge in [0.25, 0.3) is 0 Å². The van der Waals surface area contributed by atoms with Crippen molar-refractivity contribution in [3.8, 4) is 0 Å². The molecule has 0 saturated heterocycles. The van der Waals surface area contributed by atoms with Crippen molar-refractivity contribution in [1.82, 2.24) is 5.32 Å². The Morgan fingerprint density at radius 1 is 1.38 bits per heavy atom. The fourth-order valence-corrected chi connectivity index (χ4v) is 2.73. The van der Waals surface area contributed by atoms with Gasteiger partial charge in [-0.2, -0.15) is 0 Å². The van der Waals surface area contributed by atoms with Crippen LogP contribution in [0.15, 0.2) is 18.2 Å². The molecule has 0 heterocycles. The van der Waals surface area contributed by atoms with Gasteiger partial charge in [-0.1, -0.05) is 12.5 Å². The number of carbonyl (C=O) groups excluding carboxylic acids is 1. The Kier molecular flexibility index (Phi) is 4.25. The molecule has 0 spiro atoms. The maximum Gasteiger partial charge on any atom is 0.311 e. The minimum Gasteiger partial charge on any atom is -0.481 e. The van der Waals surface area contributed by atoms with E-state index in [-0.39, 0.29) is 12.3 Å². The zero-order valence-electron chi connectivity index (χ0n) is 11.7. The molecule has 0 aromatic heterocycles. The standard InChI is InChI=1S/C15H17F2NO3/c1-15(14(20)21)6-2-3-12(15)18-13(19)8-9-4-5-10(16)11(17)7-9/h4-5,7,12H,2-3,6,8H2,1H3,(H,18,19)(H,20,21). The summed E-state index contributed by atoms with van der Waals surface area (Å²) in [6.45, 7) is 1.62. The van der Waals surface area contributed by atoms with Crippen LogP contribution in [0.4, 0.5) is 8.78 Å². The van der Waals surface area contributed by atoms with Crippen LogP contribution in [0.1, 0.15) is 31.7 Å². The Bertz CT molecular complexity index is 576. The van der Waals surface area contributed by atoms with Crippen LogP contribution < -0.4 is 5.32 Å². The van der Waals surface area contributed by atoms with Crippen LogP contribution >= 0.6 is 0 Å². The molecule has 1 aromatic rings. The topological polar surface area (TPSA) is 66.4 Å². The molecule has 1 amide bonds. The van der Waals surface area contributed by atoms with Gasteiger partial charge in [0.2, 0.25) is 5.91 Å². The van der Waals surface area contributed by atoms with Gasteiger partial charge in [0.15, 0.2) is 11.6 Å². The summed E-state index contributed by atoms with van der Waals surface area (Å²) in [5.41, 5.74) is -0.620. The highest BCUT2D eigenvalue weighted by Crippen LogP contribution is 2.38. The van der Waals surface area contributed by atoms with Gasteiger partial charge in [-0.15, -0.1) is 0 Å². The monoisotopic (exact) mass is 297 g/mol. The van der Waals surface area contributed by atoms with E-state index in [4.69, 9.17) is 0 Å². The molecule has 2 N–H and O–H groups in total. The zero-order valence-corrected chi connectivity index (χ0v) is 11.7. The molecule has 1 fully saturated rings. The fraction of sp³-hybridized carbons (Fsp3) is 0.467. The minimum absolute atomic E-state index is 0.108. The molecular formula is C15H17F2NO3. The maximum atomic E-state index is 13.1. The van der Waals surface area contributed by atoms with Gasteiger partial charge in [0.1, 0.15) is 0 Å². The van der Waals surface area contributed by atoms with Gasteiger partial charge in [-0.25, -0.2) is 8.78 Å². The summed E-state index contributed by atoms with van der Waals surface area (Å²) in [5, 5.41) is 12.0. The summed E-state index contributed by atoms with van der Waals surface area (Å²) < 4.78 is 25.9. The molecule has 21 heavy (non-hydrogen) atoms. The second-order valence-electron chi connectivity index (χ2n) is 5.66. The Labute approximate surface area is 121 Å². The number of rotatable bonds is 4. The average Bonchev–Trinajstić information content (AvgIpc) is 2.77. The molecule has 2 unspecified atom stereocenters. The third-order valence-corrected chi connectivity index (χ3v) is 4.13. The molecule has 6 heteroatoms. The summed E-state index contributed by atoms with van der Waals surface area (Å²) in [7, 11) is 0. The molecular weight excluding hydrogens is 280 g/mol. The van der Waals surface area contributed by atoms with E-state index < -0.39 is 29.1 Å². The van der Waals surface area contributed by atoms with Gasteiger partial charge in [0, 0.05) is 6.04 Å². The highest BCUT2D eigenvalue weighted by molar-refractivity contribution is 5.81. The number of halogens is 2. The van der Waals surface area contributed by atoms with Crippen LogP contribution in [0.2, 0.25) is 0 Å². The van der Waals surface area contributed by atoms with Gasteiger partial charge in [-0.3, -0.25) is 9.59 Å². The summed E-state index contributed by atoms with van der Waals surface area (Å²) in [5.74, 6) is -3.29. The second kappa shape index (κ2) is 5.79. The molecule has 2 atom stereocenters. The van der Waals surface area contributed by atoms with Gasteiger partial charge >= 0.3 is 5.97 Å². The van der Waals surface area contributed by atoms with E-state index in [1.165, 1.54) is 6.07 Å². The van der Waals surface area contributed by atoms with Crippen molar-refractivity contribution >= 4 is 11.9 Å². The van der Waals surface area contributed by atoms with E-state index >= 15 is 0 Å². The second-order valence-corrected chi connectivity index (χ2v) is 5.66. The van der Waals surface area contributed by atoms with Crippen LogP contribution in [-0.4, -0.2) is 23.0 Å². The molecule has 1 aromatic carbocycles. The molecule has 1 aliphatic carbocycles. The Hall–Kier alpha value is -1.98. The zero-order chi connectivity index (χ0) is 15.6. The number of amides is 1. The average molecular weight is 297 g/mol. The number of hydrogen-bond acceptors (Lipinski definition) is 2. The molecule has 1 aliphatic rings.